The predicted molar refractivity (Wildman–Crippen MR) is 128 cm³/mol. The SMILES string of the molecule is O=C(O)C[C@@H](NC(=O)OCc1ccccc1)NC(=O)[C@@H]1CCCN(C(=O)CCC2CCNCC2)C1. The number of rotatable bonds is 10. The van der Waals surface area contributed by atoms with Gasteiger partial charge >= 0.3 is 12.1 Å². The van der Waals surface area contributed by atoms with Gasteiger partial charge in [-0.05, 0) is 56.7 Å². The zero-order valence-corrected chi connectivity index (χ0v) is 20.0. The van der Waals surface area contributed by atoms with Crippen LogP contribution in [-0.4, -0.2) is 66.2 Å². The van der Waals surface area contributed by atoms with E-state index in [1.54, 1.807) is 17.0 Å². The van der Waals surface area contributed by atoms with Gasteiger partial charge in [-0.2, -0.15) is 0 Å². The number of hydrogen-bond acceptors (Lipinski definition) is 6. The van der Waals surface area contributed by atoms with Crippen molar-refractivity contribution in [3.05, 3.63) is 35.9 Å². The van der Waals surface area contributed by atoms with Gasteiger partial charge in [0.25, 0.3) is 0 Å². The molecule has 0 aromatic heterocycles. The highest BCUT2D eigenvalue weighted by Crippen LogP contribution is 2.21. The molecule has 2 heterocycles. The number of carbonyl (C=O) groups excluding carboxylic acids is 3. The summed E-state index contributed by atoms with van der Waals surface area (Å²) in [4.78, 5) is 50.8. The Labute approximate surface area is 205 Å². The lowest BCUT2D eigenvalue weighted by Crippen LogP contribution is -2.53. The molecule has 10 nitrogen and oxygen atoms in total. The van der Waals surface area contributed by atoms with E-state index in [1.165, 1.54) is 0 Å². The van der Waals surface area contributed by atoms with Gasteiger partial charge < -0.3 is 30.7 Å². The van der Waals surface area contributed by atoms with E-state index in [1.807, 2.05) is 18.2 Å². The standard InChI is InChI=1S/C25H36N4O6/c30-22(9-8-18-10-12-26-13-11-18)29-14-4-7-20(16-29)24(33)27-21(15-23(31)32)28-25(34)35-17-19-5-2-1-3-6-19/h1-3,5-6,18,20-21,26H,4,7-17H2,(H,27,33)(H,28,34)(H,31,32)/t20-,21-/m1/s1. The molecule has 3 amide bonds. The lowest BCUT2D eigenvalue weighted by atomic mass is 9.92. The molecular formula is C25H36N4O6. The highest BCUT2D eigenvalue weighted by atomic mass is 16.5. The van der Waals surface area contributed by atoms with E-state index >= 15 is 0 Å². The van der Waals surface area contributed by atoms with E-state index in [4.69, 9.17) is 4.74 Å². The van der Waals surface area contributed by atoms with Gasteiger partial charge in [-0.3, -0.25) is 14.4 Å². The number of nitrogens with zero attached hydrogens (tertiary/aromatic N) is 1. The molecule has 2 fully saturated rings. The van der Waals surface area contributed by atoms with Gasteiger partial charge in [-0.25, -0.2) is 4.79 Å². The fourth-order valence-electron chi connectivity index (χ4n) is 4.58. The van der Waals surface area contributed by atoms with Gasteiger partial charge in [-0.1, -0.05) is 30.3 Å². The number of carboxylic acid groups (broad SMARTS) is 1. The fraction of sp³-hybridized carbons (Fsp3) is 0.600. The first-order chi connectivity index (χ1) is 16.9. The second kappa shape index (κ2) is 13.7. The monoisotopic (exact) mass is 488 g/mol. The Morgan fingerprint density at radius 1 is 1.09 bits per heavy atom. The van der Waals surface area contributed by atoms with Crippen LogP contribution in [0.2, 0.25) is 0 Å². The largest absolute Gasteiger partial charge is 0.481 e. The lowest BCUT2D eigenvalue weighted by molar-refractivity contribution is -0.138. The highest BCUT2D eigenvalue weighted by molar-refractivity contribution is 5.82. The quantitative estimate of drug-likeness (QED) is 0.369. The molecular weight excluding hydrogens is 452 g/mol. The van der Waals surface area contributed by atoms with Gasteiger partial charge in [0.2, 0.25) is 11.8 Å². The van der Waals surface area contributed by atoms with Crippen LogP contribution in [0.25, 0.3) is 0 Å². The van der Waals surface area contributed by atoms with Crippen molar-refractivity contribution in [1.29, 1.82) is 0 Å². The smallest absolute Gasteiger partial charge is 0.409 e. The van der Waals surface area contributed by atoms with Crippen molar-refractivity contribution in [2.45, 2.75) is 57.7 Å². The third-order valence-corrected chi connectivity index (χ3v) is 6.57. The number of benzene rings is 1. The number of piperidine rings is 2. The Kier molecular flexibility index (Phi) is 10.3. The van der Waals surface area contributed by atoms with E-state index in [2.05, 4.69) is 16.0 Å². The minimum absolute atomic E-state index is 0.0253. The van der Waals surface area contributed by atoms with Crippen LogP contribution in [0.1, 0.15) is 50.5 Å². The van der Waals surface area contributed by atoms with Crippen molar-refractivity contribution >= 4 is 23.9 Å². The molecule has 2 atom stereocenters. The average molecular weight is 489 g/mol. The molecule has 10 heteroatoms. The summed E-state index contributed by atoms with van der Waals surface area (Å²) < 4.78 is 5.14. The summed E-state index contributed by atoms with van der Waals surface area (Å²) in [6.45, 7) is 2.94. The summed E-state index contributed by atoms with van der Waals surface area (Å²) >= 11 is 0. The molecule has 0 aliphatic carbocycles. The third kappa shape index (κ3) is 9.20. The number of ether oxygens (including phenoxy) is 1. The summed E-state index contributed by atoms with van der Waals surface area (Å²) in [5, 5.41) is 17.6. The normalized spacial score (nSPS) is 19.4. The Bertz CT molecular complexity index is 859. The van der Waals surface area contributed by atoms with E-state index in [0.717, 1.165) is 37.9 Å². The van der Waals surface area contributed by atoms with Gasteiger partial charge in [0.05, 0.1) is 12.3 Å². The van der Waals surface area contributed by atoms with Crippen LogP contribution in [0, 0.1) is 11.8 Å². The van der Waals surface area contributed by atoms with Crippen molar-refractivity contribution in [2.24, 2.45) is 11.8 Å². The molecule has 2 saturated heterocycles. The number of likely N-dealkylation sites (tertiary alicyclic amines) is 1. The number of hydrogen-bond donors (Lipinski definition) is 4. The molecule has 3 rings (SSSR count). The van der Waals surface area contributed by atoms with Crippen LogP contribution in [0.4, 0.5) is 4.79 Å². The molecule has 0 radical (unpaired) electrons. The molecule has 0 saturated carbocycles. The Morgan fingerprint density at radius 3 is 2.54 bits per heavy atom. The van der Waals surface area contributed by atoms with E-state index in [0.29, 0.717) is 38.3 Å². The molecule has 2 aliphatic rings. The second-order valence-electron chi connectivity index (χ2n) is 9.28. The molecule has 35 heavy (non-hydrogen) atoms. The molecule has 1 aromatic carbocycles. The third-order valence-electron chi connectivity index (χ3n) is 6.57. The molecule has 2 aliphatic heterocycles. The van der Waals surface area contributed by atoms with Crippen LogP contribution < -0.4 is 16.0 Å². The second-order valence-corrected chi connectivity index (χ2v) is 9.28. The summed E-state index contributed by atoms with van der Waals surface area (Å²) in [5.74, 6) is -1.38. The van der Waals surface area contributed by atoms with Crippen LogP contribution in [0.5, 0.6) is 0 Å². The van der Waals surface area contributed by atoms with Crippen LogP contribution in [0.3, 0.4) is 0 Å². The highest BCUT2D eigenvalue weighted by Gasteiger charge is 2.30. The number of carbonyl (C=O) groups is 4. The van der Waals surface area contributed by atoms with E-state index < -0.39 is 30.6 Å². The van der Waals surface area contributed by atoms with Gasteiger partial charge in [-0.15, -0.1) is 0 Å². The van der Waals surface area contributed by atoms with E-state index in [9.17, 15) is 24.3 Å². The number of carboxylic acids is 1. The summed E-state index contributed by atoms with van der Waals surface area (Å²) in [7, 11) is 0. The topological polar surface area (TPSA) is 137 Å². The Morgan fingerprint density at radius 2 is 1.83 bits per heavy atom. The van der Waals surface area contributed by atoms with Gasteiger partial charge in [0, 0.05) is 19.5 Å². The van der Waals surface area contributed by atoms with Crippen molar-refractivity contribution in [2.75, 3.05) is 26.2 Å². The number of aliphatic carboxylic acids is 1. The number of alkyl carbamates (subject to hydrolysis) is 1. The molecule has 1 aromatic rings. The maximum atomic E-state index is 12.9. The average Bonchev–Trinajstić information content (AvgIpc) is 2.87. The van der Waals surface area contributed by atoms with Crippen molar-refractivity contribution < 1.29 is 29.0 Å². The van der Waals surface area contributed by atoms with Crippen molar-refractivity contribution in [1.82, 2.24) is 20.9 Å². The first kappa shape index (κ1) is 26.5. The predicted octanol–water partition coefficient (Wildman–Crippen LogP) is 1.85. The van der Waals surface area contributed by atoms with Crippen LogP contribution in [-0.2, 0) is 25.7 Å². The van der Waals surface area contributed by atoms with Crippen molar-refractivity contribution in [3.63, 3.8) is 0 Å². The van der Waals surface area contributed by atoms with Crippen LogP contribution in [0.15, 0.2) is 30.3 Å². The Hall–Kier alpha value is -3.14. The minimum Gasteiger partial charge on any atom is -0.481 e. The minimum atomic E-state index is -1.17. The number of amides is 3. The summed E-state index contributed by atoms with van der Waals surface area (Å²) in [5.41, 5.74) is 0.786. The van der Waals surface area contributed by atoms with Gasteiger partial charge in [0.1, 0.15) is 12.8 Å². The lowest BCUT2D eigenvalue weighted by Gasteiger charge is -2.33. The van der Waals surface area contributed by atoms with E-state index in [-0.39, 0.29) is 18.4 Å². The first-order valence-electron chi connectivity index (χ1n) is 12.4. The maximum absolute atomic E-state index is 12.9. The zero-order chi connectivity index (χ0) is 25.0. The zero-order valence-electron chi connectivity index (χ0n) is 20.0. The first-order valence-corrected chi connectivity index (χ1v) is 12.4. The van der Waals surface area contributed by atoms with Crippen molar-refractivity contribution in [3.8, 4) is 0 Å². The molecule has 4 N–H and O–H groups in total. The fourth-order valence-corrected chi connectivity index (χ4v) is 4.58. The molecule has 0 spiro atoms. The Balaban J connectivity index is 1.47. The summed E-state index contributed by atoms with van der Waals surface area (Å²) in [6.07, 6.45) is 2.40. The molecule has 192 valence electrons. The van der Waals surface area contributed by atoms with Crippen LogP contribution >= 0.6 is 0 Å². The molecule has 0 unspecified atom stereocenters. The number of nitrogens with one attached hydrogen (secondary N) is 3. The summed E-state index contributed by atoms with van der Waals surface area (Å²) in [6, 6.07) is 9.07. The molecule has 0 bridgehead atoms. The maximum Gasteiger partial charge on any atom is 0.409 e. The van der Waals surface area contributed by atoms with Gasteiger partial charge in [0.15, 0.2) is 0 Å².